The molecule has 0 spiro atoms. The predicted molar refractivity (Wildman–Crippen MR) is 133 cm³/mol. The van der Waals surface area contributed by atoms with Gasteiger partial charge in [-0.15, -0.1) is 11.6 Å². The van der Waals surface area contributed by atoms with E-state index in [9.17, 15) is 24.3 Å². The third kappa shape index (κ3) is 3.48. The SMILES string of the molecule is CCC(=O)OCC(=O)[C@]1(OC(=O)CC)[C@H](C)C[C@@H]2[C@H]3CCC4=CC(=O)C=C[C@]4(C)[C@]3(Cl)[C@@H](O)C[C@]21C. The van der Waals surface area contributed by atoms with Gasteiger partial charge in [0.15, 0.2) is 18.0 Å². The van der Waals surface area contributed by atoms with Crippen LogP contribution in [0.15, 0.2) is 23.8 Å². The van der Waals surface area contributed by atoms with Crippen LogP contribution in [0.2, 0.25) is 0 Å². The normalized spacial score (nSPS) is 43.1. The van der Waals surface area contributed by atoms with E-state index in [1.165, 1.54) is 6.08 Å². The Labute approximate surface area is 217 Å². The van der Waals surface area contributed by atoms with Gasteiger partial charge in [0.05, 0.1) is 11.0 Å². The zero-order chi connectivity index (χ0) is 26.7. The van der Waals surface area contributed by atoms with Crippen LogP contribution in [-0.4, -0.2) is 51.8 Å². The lowest BCUT2D eigenvalue weighted by atomic mass is 9.45. The Morgan fingerprint density at radius 2 is 1.81 bits per heavy atom. The number of aliphatic hydroxyl groups excluding tert-OH is 1. The van der Waals surface area contributed by atoms with Crippen LogP contribution in [0, 0.1) is 28.6 Å². The molecule has 0 aromatic rings. The first kappa shape index (κ1) is 27.1. The van der Waals surface area contributed by atoms with Crippen LogP contribution in [0.4, 0.5) is 0 Å². The minimum Gasteiger partial charge on any atom is -0.457 e. The van der Waals surface area contributed by atoms with Crippen LogP contribution in [0.3, 0.4) is 0 Å². The molecule has 0 unspecified atom stereocenters. The molecule has 3 saturated carbocycles. The molecule has 0 amide bonds. The van der Waals surface area contributed by atoms with Crippen LogP contribution < -0.4 is 0 Å². The molecule has 3 fully saturated rings. The lowest BCUT2D eigenvalue weighted by Crippen LogP contribution is -2.69. The van der Waals surface area contributed by atoms with Gasteiger partial charge in [-0.3, -0.25) is 19.2 Å². The summed E-state index contributed by atoms with van der Waals surface area (Å²) in [6, 6.07) is 0. The second-order valence-electron chi connectivity index (χ2n) is 11.4. The molecule has 0 aliphatic heterocycles. The van der Waals surface area contributed by atoms with E-state index in [1.807, 2.05) is 26.8 Å². The summed E-state index contributed by atoms with van der Waals surface area (Å²) in [5.74, 6) is -2.24. The number of esters is 2. The lowest BCUT2D eigenvalue weighted by molar-refractivity contribution is -0.203. The summed E-state index contributed by atoms with van der Waals surface area (Å²) < 4.78 is 11.3. The number of ether oxygens (including phenoxy) is 2. The Morgan fingerprint density at radius 1 is 1.14 bits per heavy atom. The van der Waals surface area contributed by atoms with Gasteiger partial charge < -0.3 is 14.6 Å². The molecule has 8 atom stereocenters. The molecule has 4 rings (SSSR count). The van der Waals surface area contributed by atoms with E-state index in [-0.39, 0.29) is 42.8 Å². The first-order valence-electron chi connectivity index (χ1n) is 13.0. The van der Waals surface area contributed by atoms with Gasteiger partial charge in [-0.2, -0.15) is 0 Å². The molecule has 0 aromatic heterocycles. The van der Waals surface area contributed by atoms with Gasteiger partial charge in [-0.05, 0) is 49.7 Å². The number of Topliss-reactive ketones (excluding diaryl/α,β-unsaturated/α-hetero) is 1. The zero-order valence-corrected chi connectivity index (χ0v) is 22.5. The van der Waals surface area contributed by atoms with Crippen molar-refractivity contribution in [2.24, 2.45) is 28.6 Å². The molecule has 4 aliphatic carbocycles. The maximum Gasteiger partial charge on any atom is 0.306 e. The van der Waals surface area contributed by atoms with Gasteiger partial charge in [0, 0.05) is 29.6 Å². The second kappa shape index (κ2) is 9.09. The molecule has 0 bridgehead atoms. The third-order valence-corrected chi connectivity index (χ3v) is 10.7. The number of halogens is 1. The molecule has 4 aliphatic rings. The summed E-state index contributed by atoms with van der Waals surface area (Å²) in [5.41, 5.74) is -2.27. The van der Waals surface area contributed by atoms with Crippen molar-refractivity contribution in [1.82, 2.24) is 0 Å². The molecule has 0 aromatic carbocycles. The first-order valence-corrected chi connectivity index (χ1v) is 13.4. The number of ketones is 2. The Morgan fingerprint density at radius 3 is 2.44 bits per heavy atom. The molecule has 0 heterocycles. The van der Waals surface area contributed by atoms with E-state index in [0.29, 0.717) is 19.3 Å². The fourth-order valence-corrected chi connectivity index (χ4v) is 8.53. The van der Waals surface area contributed by atoms with Gasteiger partial charge in [0.2, 0.25) is 5.78 Å². The maximum absolute atomic E-state index is 13.9. The van der Waals surface area contributed by atoms with E-state index >= 15 is 0 Å². The largest absolute Gasteiger partial charge is 0.457 e. The molecule has 198 valence electrons. The van der Waals surface area contributed by atoms with Crippen molar-refractivity contribution in [2.45, 2.75) is 89.7 Å². The minimum absolute atomic E-state index is 0.0801. The van der Waals surface area contributed by atoms with E-state index in [2.05, 4.69) is 0 Å². The van der Waals surface area contributed by atoms with Crippen molar-refractivity contribution in [2.75, 3.05) is 6.61 Å². The Hall–Kier alpha value is -1.99. The third-order valence-electron chi connectivity index (χ3n) is 9.81. The zero-order valence-electron chi connectivity index (χ0n) is 21.8. The quantitative estimate of drug-likeness (QED) is 0.415. The van der Waals surface area contributed by atoms with Crippen molar-refractivity contribution in [3.05, 3.63) is 23.8 Å². The van der Waals surface area contributed by atoms with Crippen LogP contribution in [0.25, 0.3) is 0 Å². The second-order valence-corrected chi connectivity index (χ2v) is 12.0. The monoisotopic (exact) mass is 520 g/mol. The van der Waals surface area contributed by atoms with Crippen molar-refractivity contribution < 1.29 is 33.8 Å². The number of carbonyl (C=O) groups excluding carboxylic acids is 4. The Balaban J connectivity index is 1.80. The molecule has 1 N–H and O–H groups in total. The van der Waals surface area contributed by atoms with E-state index in [4.69, 9.17) is 21.1 Å². The van der Waals surface area contributed by atoms with Crippen LogP contribution in [0.1, 0.15) is 73.1 Å². The smallest absolute Gasteiger partial charge is 0.306 e. The molecular formula is C28H37ClO7. The molecule has 8 heteroatoms. The summed E-state index contributed by atoms with van der Waals surface area (Å²) in [6.45, 7) is 8.61. The van der Waals surface area contributed by atoms with Crippen LogP contribution in [-0.2, 0) is 28.7 Å². The fraction of sp³-hybridized carbons (Fsp3) is 0.714. The molecule has 7 nitrogen and oxygen atoms in total. The standard InChI is InChI=1S/C28H37ClO7/c1-6-23(33)35-15-22(32)28(36-24(34)7-2)16(3)12-20-19-9-8-17-13-18(30)10-11-25(17,4)27(19,29)21(31)14-26(20,28)5/h10-11,13,16,19-21,31H,6-9,12,14-15H2,1-5H3/t16-,19-,20-,21+,25+,26-,27-,28-/m1/s1. The highest BCUT2D eigenvalue weighted by Gasteiger charge is 2.76. The topological polar surface area (TPSA) is 107 Å². The Kier molecular flexibility index (Phi) is 6.83. The molecule has 0 saturated heterocycles. The molecule has 0 radical (unpaired) electrons. The van der Waals surface area contributed by atoms with Gasteiger partial charge >= 0.3 is 11.9 Å². The fourth-order valence-electron chi connectivity index (χ4n) is 8.01. The van der Waals surface area contributed by atoms with Gasteiger partial charge in [0.1, 0.15) is 0 Å². The average Bonchev–Trinajstić information content (AvgIpc) is 3.05. The van der Waals surface area contributed by atoms with E-state index < -0.39 is 51.7 Å². The van der Waals surface area contributed by atoms with Crippen molar-refractivity contribution in [3.8, 4) is 0 Å². The highest BCUT2D eigenvalue weighted by atomic mass is 35.5. The first-order chi connectivity index (χ1) is 16.8. The molecular weight excluding hydrogens is 484 g/mol. The maximum atomic E-state index is 13.9. The van der Waals surface area contributed by atoms with E-state index in [1.54, 1.807) is 19.9 Å². The van der Waals surface area contributed by atoms with Gasteiger partial charge in [-0.25, -0.2) is 0 Å². The van der Waals surface area contributed by atoms with Crippen molar-refractivity contribution in [1.29, 1.82) is 0 Å². The number of hydrogen-bond acceptors (Lipinski definition) is 7. The summed E-state index contributed by atoms with van der Waals surface area (Å²) in [6.07, 6.45) is 6.18. The minimum atomic E-state index is -1.55. The van der Waals surface area contributed by atoms with Gasteiger partial charge in [-0.1, -0.05) is 46.3 Å². The Bertz CT molecular complexity index is 1050. The van der Waals surface area contributed by atoms with Gasteiger partial charge in [0.25, 0.3) is 0 Å². The molecule has 36 heavy (non-hydrogen) atoms. The number of fused-ring (bicyclic) bond motifs is 5. The number of alkyl halides is 1. The van der Waals surface area contributed by atoms with Crippen LogP contribution in [0.5, 0.6) is 0 Å². The lowest BCUT2D eigenvalue weighted by Gasteiger charge is -2.64. The number of hydrogen-bond donors (Lipinski definition) is 1. The predicted octanol–water partition coefficient (Wildman–Crippen LogP) is 4.09. The summed E-state index contributed by atoms with van der Waals surface area (Å²) in [5, 5.41) is 11.8. The summed E-state index contributed by atoms with van der Waals surface area (Å²) in [7, 11) is 0. The number of allylic oxidation sites excluding steroid dienone is 4. The number of aliphatic hydroxyl groups is 1. The van der Waals surface area contributed by atoms with E-state index in [0.717, 1.165) is 5.57 Å². The van der Waals surface area contributed by atoms with Crippen molar-refractivity contribution in [3.63, 3.8) is 0 Å². The summed E-state index contributed by atoms with van der Waals surface area (Å²) in [4.78, 5) is 49.5. The highest BCUT2D eigenvalue weighted by molar-refractivity contribution is 6.26. The average molecular weight is 521 g/mol. The van der Waals surface area contributed by atoms with Crippen molar-refractivity contribution >= 4 is 35.1 Å². The van der Waals surface area contributed by atoms with Crippen LogP contribution >= 0.6 is 11.6 Å². The summed E-state index contributed by atoms with van der Waals surface area (Å²) >= 11 is 7.48. The number of rotatable bonds is 6. The number of carbonyl (C=O) groups is 4. The highest BCUT2D eigenvalue weighted by Crippen LogP contribution is 2.72.